The minimum atomic E-state index is -4.54. The Balaban J connectivity index is 0. The van der Waals surface area contributed by atoms with Gasteiger partial charge in [-0.25, -0.2) is 4.57 Å². The number of phosphoric ester groups is 1. The molecule has 0 atom stereocenters. The van der Waals surface area contributed by atoms with Gasteiger partial charge in [0.15, 0.2) is 0 Å². The van der Waals surface area contributed by atoms with Gasteiger partial charge in [0.05, 0.1) is 0 Å². The van der Waals surface area contributed by atoms with Crippen molar-refractivity contribution in [3.05, 3.63) is 54.6 Å². The molecule has 1 aromatic rings. The van der Waals surface area contributed by atoms with Gasteiger partial charge in [0.2, 0.25) is 0 Å². The smallest absolute Gasteiger partial charge is 1.00 e. The van der Waals surface area contributed by atoms with Gasteiger partial charge in [0, 0.05) is 5.56 Å². The third-order valence-electron chi connectivity index (χ3n) is 2.16. The van der Waals surface area contributed by atoms with E-state index in [1.807, 2.05) is 6.07 Å². The van der Waals surface area contributed by atoms with E-state index in [2.05, 4.69) is 17.7 Å². The van der Waals surface area contributed by atoms with Gasteiger partial charge in [-0.3, -0.25) is 9.79 Å². The molecule has 0 spiro atoms. The van der Waals surface area contributed by atoms with Crippen molar-refractivity contribution in [1.29, 1.82) is 0 Å². The Bertz CT molecular complexity index is 473. The molecule has 94 valence electrons. The first-order chi connectivity index (χ1) is 7.98. The molecule has 0 aromatic heterocycles. The summed E-state index contributed by atoms with van der Waals surface area (Å²) in [7, 11) is -4.54. The molecule has 0 saturated carbocycles. The van der Waals surface area contributed by atoms with E-state index < -0.39 is 7.82 Å². The Morgan fingerprint density at radius 3 is 2.39 bits per heavy atom. The molecule has 0 aliphatic carbocycles. The van der Waals surface area contributed by atoms with Crippen molar-refractivity contribution in [2.24, 2.45) is 0 Å². The van der Waals surface area contributed by atoms with Crippen LogP contribution in [-0.4, -0.2) is 9.79 Å². The fourth-order valence-electron chi connectivity index (χ4n) is 1.55. The van der Waals surface area contributed by atoms with Gasteiger partial charge in [-0.2, -0.15) is 0 Å². The molecule has 0 radical (unpaired) electrons. The van der Waals surface area contributed by atoms with E-state index in [1.165, 1.54) is 6.07 Å². The summed E-state index contributed by atoms with van der Waals surface area (Å²) in [5.74, 6) is 0.192. The number of hydrogen-bond donors (Lipinski definition) is 2. The van der Waals surface area contributed by atoms with Crippen LogP contribution in [0.1, 0.15) is 12.6 Å². The molecule has 2 N–H and O–H groups in total. The second-order valence-corrected chi connectivity index (χ2v) is 4.63. The zero-order valence-electron chi connectivity index (χ0n) is 11.4. The van der Waals surface area contributed by atoms with Gasteiger partial charge in [-0.15, -0.1) is 13.2 Å². The first-order valence-corrected chi connectivity index (χ1v) is 6.58. The third kappa shape index (κ3) is 5.53. The van der Waals surface area contributed by atoms with Crippen molar-refractivity contribution in [1.82, 2.24) is 0 Å². The predicted molar refractivity (Wildman–Crippen MR) is 68.0 cm³/mol. The molecule has 6 heteroatoms. The van der Waals surface area contributed by atoms with Crippen molar-refractivity contribution in [2.45, 2.75) is 12.8 Å². The van der Waals surface area contributed by atoms with Crippen LogP contribution in [0, 0.1) is 0 Å². The molecule has 0 amide bonds. The summed E-state index contributed by atoms with van der Waals surface area (Å²) in [5, 5.41) is 0. The number of rotatable bonds is 6. The van der Waals surface area contributed by atoms with Crippen LogP contribution in [0.3, 0.4) is 0 Å². The Labute approximate surface area is 130 Å². The number of phosphoric acid groups is 1. The van der Waals surface area contributed by atoms with Crippen LogP contribution < -0.4 is 34.1 Å². The maximum absolute atomic E-state index is 10.9. The van der Waals surface area contributed by atoms with Gasteiger partial charge in [0.25, 0.3) is 0 Å². The van der Waals surface area contributed by atoms with Crippen LogP contribution in [0.5, 0.6) is 5.75 Å². The van der Waals surface area contributed by atoms with Crippen LogP contribution in [0.2, 0.25) is 0 Å². The van der Waals surface area contributed by atoms with E-state index in [0.717, 1.165) is 11.1 Å². The normalized spacial score (nSPS) is 10.3. The summed E-state index contributed by atoms with van der Waals surface area (Å²) in [6, 6.07) is 5.09. The van der Waals surface area contributed by atoms with Crippen LogP contribution in [0.4, 0.5) is 0 Å². The summed E-state index contributed by atoms with van der Waals surface area (Å²) in [4.78, 5) is 17.7. The second-order valence-electron chi connectivity index (χ2n) is 3.46. The number of benzene rings is 1. The summed E-state index contributed by atoms with van der Waals surface area (Å²) in [5.41, 5.74) is 1.65. The SMILES string of the molecule is C=CCc1cccc(OP(=O)(O)O)c1CC=C.[H-].[Na+]. The number of hydrogen-bond acceptors (Lipinski definition) is 2. The predicted octanol–water partition coefficient (Wildman–Crippen LogP) is -0.268. The molecule has 4 nitrogen and oxygen atoms in total. The average molecular weight is 278 g/mol. The Morgan fingerprint density at radius 2 is 1.89 bits per heavy atom. The first-order valence-electron chi connectivity index (χ1n) is 5.05. The fraction of sp³-hybridized carbons (Fsp3) is 0.167. The topological polar surface area (TPSA) is 66.8 Å². The van der Waals surface area contributed by atoms with Crippen molar-refractivity contribution >= 4 is 7.82 Å². The monoisotopic (exact) mass is 278 g/mol. The van der Waals surface area contributed by atoms with E-state index >= 15 is 0 Å². The third-order valence-corrected chi connectivity index (χ3v) is 2.59. The van der Waals surface area contributed by atoms with Gasteiger partial charge >= 0.3 is 37.4 Å². The van der Waals surface area contributed by atoms with E-state index in [1.54, 1.807) is 18.2 Å². The Morgan fingerprint density at radius 1 is 1.28 bits per heavy atom. The zero-order valence-corrected chi connectivity index (χ0v) is 13.3. The standard InChI is InChI=1S/C12H15O4P.Na.H/c1-3-6-10-8-5-9-12(11(10)7-4-2)16-17(13,14)15;;/h3-5,8-9H,1-2,6-7H2,(H2,13,14,15);;/q;+1;-1. The van der Waals surface area contributed by atoms with E-state index in [0.29, 0.717) is 12.8 Å². The first kappa shape index (κ1) is 17.6. The molecule has 0 aliphatic rings. The quantitative estimate of drug-likeness (QED) is 0.427. The maximum Gasteiger partial charge on any atom is 1.00 e. The van der Waals surface area contributed by atoms with E-state index in [9.17, 15) is 4.57 Å². The van der Waals surface area contributed by atoms with Crippen LogP contribution in [0.15, 0.2) is 43.5 Å². The van der Waals surface area contributed by atoms with Crippen LogP contribution in [0.25, 0.3) is 0 Å². The van der Waals surface area contributed by atoms with Gasteiger partial charge in [0.1, 0.15) is 5.75 Å². The van der Waals surface area contributed by atoms with Crippen molar-refractivity contribution in [2.75, 3.05) is 0 Å². The molecular weight excluding hydrogens is 262 g/mol. The zero-order chi connectivity index (χ0) is 12.9. The molecule has 0 unspecified atom stereocenters. The minimum Gasteiger partial charge on any atom is -1.00 e. The maximum atomic E-state index is 10.9. The Kier molecular flexibility index (Phi) is 7.79. The van der Waals surface area contributed by atoms with Crippen molar-refractivity contribution in [3.8, 4) is 5.75 Å². The summed E-state index contributed by atoms with van der Waals surface area (Å²) < 4.78 is 15.5. The van der Waals surface area contributed by atoms with Crippen molar-refractivity contribution < 1.29 is 49.9 Å². The number of allylic oxidation sites excluding steroid dienone is 2. The molecule has 0 fully saturated rings. The molecule has 18 heavy (non-hydrogen) atoms. The summed E-state index contributed by atoms with van der Waals surface area (Å²) in [6.45, 7) is 7.26. The summed E-state index contributed by atoms with van der Waals surface area (Å²) >= 11 is 0. The second kappa shape index (κ2) is 7.95. The van der Waals surface area contributed by atoms with Crippen molar-refractivity contribution in [3.63, 3.8) is 0 Å². The molecule has 1 rings (SSSR count). The minimum absolute atomic E-state index is 0. The van der Waals surface area contributed by atoms with Gasteiger partial charge in [-0.05, 0) is 24.5 Å². The van der Waals surface area contributed by atoms with Crippen LogP contribution >= 0.6 is 7.82 Å². The molecule has 0 bridgehead atoms. The largest absolute Gasteiger partial charge is 1.00 e. The summed E-state index contributed by atoms with van der Waals surface area (Å²) in [6.07, 6.45) is 4.48. The fourth-order valence-corrected chi connectivity index (χ4v) is 1.97. The average Bonchev–Trinajstić information content (AvgIpc) is 2.21. The van der Waals surface area contributed by atoms with E-state index in [4.69, 9.17) is 9.79 Å². The molecule has 0 saturated heterocycles. The molecular formula is C12H16NaO4P. The van der Waals surface area contributed by atoms with Crippen LogP contribution in [-0.2, 0) is 17.4 Å². The van der Waals surface area contributed by atoms with Gasteiger partial charge in [-0.1, -0.05) is 24.3 Å². The van der Waals surface area contributed by atoms with E-state index in [-0.39, 0.29) is 36.7 Å². The Hall–Kier alpha value is -0.350. The molecule has 0 aliphatic heterocycles. The molecule has 0 heterocycles. The van der Waals surface area contributed by atoms with Gasteiger partial charge < -0.3 is 5.95 Å². The molecule has 1 aromatic carbocycles.